The molecule has 0 N–H and O–H groups in total. The minimum Gasteiger partial charge on any atom is -0.337 e. The first-order valence-electron chi connectivity index (χ1n) is 9.20. The van der Waals surface area contributed by atoms with E-state index in [1.54, 1.807) is 18.6 Å². The van der Waals surface area contributed by atoms with Gasteiger partial charge in [-0.25, -0.2) is 4.98 Å². The van der Waals surface area contributed by atoms with E-state index in [9.17, 15) is 4.79 Å². The highest BCUT2D eigenvalue weighted by atomic mass is 32.1. The summed E-state index contributed by atoms with van der Waals surface area (Å²) in [4.78, 5) is 27.7. The third kappa shape index (κ3) is 3.23. The van der Waals surface area contributed by atoms with Gasteiger partial charge in [-0.2, -0.15) is 0 Å². The van der Waals surface area contributed by atoms with E-state index in [4.69, 9.17) is 0 Å². The van der Waals surface area contributed by atoms with Crippen LogP contribution in [0.3, 0.4) is 0 Å². The summed E-state index contributed by atoms with van der Waals surface area (Å²) in [5.41, 5.74) is 1.17. The van der Waals surface area contributed by atoms with Gasteiger partial charge in [0.15, 0.2) is 0 Å². The summed E-state index contributed by atoms with van der Waals surface area (Å²) in [6.45, 7) is 1.42. The van der Waals surface area contributed by atoms with Crippen LogP contribution in [0.25, 0.3) is 10.7 Å². The van der Waals surface area contributed by atoms with Gasteiger partial charge in [0.2, 0.25) is 0 Å². The van der Waals surface area contributed by atoms with Gasteiger partial charge in [0.25, 0.3) is 5.91 Å². The number of aromatic nitrogens is 6. The number of hydrogen-bond donors (Lipinski definition) is 0. The monoisotopic (exact) mass is 381 g/mol. The predicted molar refractivity (Wildman–Crippen MR) is 99.3 cm³/mol. The number of nitrogens with zero attached hydrogens (tertiary/aromatic N) is 7. The molecule has 2 aliphatic rings. The fraction of sp³-hybridized carbons (Fsp3) is 0.444. The van der Waals surface area contributed by atoms with E-state index in [0.717, 1.165) is 25.2 Å². The molecule has 0 radical (unpaired) electrons. The topological polar surface area (TPSA) is 89.7 Å². The Bertz CT molecular complexity index is 950. The molecule has 1 saturated heterocycles. The lowest BCUT2D eigenvalue weighted by Gasteiger charge is -2.32. The van der Waals surface area contributed by atoms with Crippen LogP contribution in [0.4, 0.5) is 0 Å². The van der Waals surface area contributed by atoms with Gasteiger partial charge in [0.05, 0.1) is 6.20 Å². The SMILES string of the molecule is O=C(c1csc(-c2cnccn2)n1)N1CCCC(c2nncn2C2CC2)C1. The van der Waals surface area contributed by atoms with Crippen LogP contribution < -0.4 is 0 Å². The van der Waals surface area contributed by atoms with Gasteiger partial charge in [-0.05, 0) is 25.7 Å². The molecular weight excluding hydrogens is 362 g/mol. The second kappa shape index (κ2) is 6.80. The molecule has 9 heteroatoms. The first-order chi connectivity index (χ1) is 13.3. The predicted octanol–water partition coefficient (Wildman–Crippen LogP) is 2.55. The van der Waals surface area contributed by atoms with Crippen molar-refractivity contribution in [3.8, 4) is 10.7 Å². The Morgan fingerprint density at radius 2 is 2.15 bits per heavy atom. The molecule has 8 nitrogen and oxygen atoms in total. The van der Waals surface area contributed by atoms with Crippen LogP contribution in [0.5, 0.6) is 0 Å². The number of hydrogen-bond acceptors (Lipinski definition) is 7. The van der Waals surface area contributed by atoms with E-state index in [-0.39, 0.29) is 11.8 Å². The Morgan fingerprint density at radius 1 is 1.22 bits per heavy atom. The average Bonchev–Trinajstić information content (AvgIpc) is 3.25. The zero-order valence-corrected chi connectivity index (χ0v) is 15.5. The van der Waals surface area contributed by atoms with Crippen molar-refractivity contribution in [3.63, 3.8) is 0 Å². The molecular formula is C18H19N7OS. The van der Waals surface area contributed by atoms with Gasteiger partial charge in [-0.1, -0.05) is 0 Å². The summed E-state index contributed by atoms with van der Waals surface area (Å²) < 4.78 is 2.20. The quantitative estimate of drug-likeness (QED) is 0.690. The summed E-state index contributed by atoms with van der Waals surface area (Å²) >= 11 is 1.42. The van der Waals surface area contributed by atoms with E-state index in [1.165, 1.54) is 24.2 Å². The van der Waals surface area contributed by atoms with E-state index in [2.05, 4.69) is 29.7 Å². The highest BCUT2D eigenvalue weighted by Gasteiger charge is 2.33. The lowest BCUT2D eigenvalue weighted by Crippen LogP contribution is -2.40. The van der Waals surface area contributed by atoms with Crippen molar-refractivity contribution in [2.24, 2.45) is 0 Å². The molecule has 3 aromatic heterocycles. The first kappa shape index (κ1) is 16.5. The third-order valence-electron chi connectivity index (χ3n) is 5.12. The van der Waals surface area contributed by atoms with Crippen LogP contribution in [0.15, 0.2) is 30.3 Å². The number of amides is 1. The normalized spacial score (nSPS) is 20.0. The van der Waals surface area contributed by atoms with Crippen molar-refractivity contribution in [2.75, 3.05) is 13.1 Å². The fourth-order valence-electron chi connectivity index (χ4n) is 3.61. The molecule has 1 aliphatic heterocycles. The number of thiazole rings is 1. The van der Waals surface area contributed by atoms with Crippen LogP contribution in [0.1, 0.15) is 54.0 Å². The molecule has 27 heavy (non-hydrogen) atoms. The van der Waals surface area contributed by atoms with E-state index in [0.29, 0.717) is 29.0 Å². The van der Waals surface area contributed by atoms with Crippen molar-refractivity contribution in [1.82, 2.24) is 34.6 Å². The molecule has 1 atom stereocenters. The Balaban J connectivity index is 1.33. The number of likely N-dealkylation sites (tertiary alicyclic amines) is 1. The minimum absolute atomic E-state index is 0.0245. The van der Waals surface area contributed by atoms with Gasteiger partial charge >= 0.3 is 0 Å². The van der Waals surface area contributed by atoms with Crippen LogP contribution in [0, 0.1) is 0 Å². The summed E-state index contributed by atoms with van der Waals surface area (Å²) in [6, 6.07) is 0.550. The molecule has 1 aliphatic carbocycles. The highest BCUT2D eigenvalue weighted by Crippen LogP contribution is 2.38. The van der Waals surface area contributed by atoms with Crippen molar-refractivity contribution in [2.45, 2.75) is 37.6 Å². The van der Waals surface area contributed by atoms with Crippen LogP contribution in [0.2, 0.25) is 0 Å². The molecule has 2 fully saturated rings. The maximum Gasteiger partial charge on any atom is 0.273 e. The molecule has 1 amide bonds. The zero-order chi connectivity index (χ0) is 18.2. The number of carbonyl (C=O) groups excluding carboxylic acids is 1. The smallest absolute Gasteiger partial charge is 0.273 e. The highest BCUT2D eigenvalue weighted by molar-refractivity contribution is 7.13. The van der Waals surface area contributed by atoms with Gasteiger partial charge in [-0.15, -0.1) is 21.5 Å². The third-order valence-corrected chi connectivity index (χ3v) is 5.99. The van der Waals surface area contributed by atoms with Crippen LogP contribution in [-0.4, -0.2) is 53.6 Å². The first-order valence-corrected chi connectivity index (χ1v) is 10.1. The summed E-state index contributed by atoms with van der Waals surface area (Å²) in [5, 5.41) is 11.0. The number of piperidine rings is 1. The second-order valence-corrected chi connectivity index (χ2v) is 7.90. The summed E-state index contributed by atoms with van der Waals surface area (Å²) in [7, 11) is 0. The zero-order valence-electron chi connectivity index (χ0n) is 14.7. The average molecular weight is 381 g/mol. The van der Waals surface area contributed by atoms with Gasteiger partial charge in [0, 0.05) is 42.8 Å². The van der Waals surface area contributed by atoms with Gasteiger partial charge in [0.1, 0.15) is 28.5 Å². The molecule has 4 heterocycles. The maximum absolute atomic E-state index is 13.0. The summed E-state index contributed by atoms with van der Waals surface area (Å²) in [5.74, 6) is 1.24. The molecule has 0 spiro atoms. The standard InChI is InChI=1S/C18H19N7OS/c26-18(15-10-27-17(22-15)14-8-19-5-6-20-14)24-7-1-2-12(9-24)16-23-21-11-25(16)13-3-4-13/h5-6,8,10-13H,1-4,7,9H2. The minimum atomic E-state index is -0.0245. The van der Waals surface area contributed by atoms with Gasteiger partial charge < -0.3 is 9.47 Å². The lowest BCUT2D eigenvalue weighted by molar-refractivity contribution is 0.0698. The molecule has 3 aromatic rings. The molecule has 1 saturated carbocycles. The lowest BCUT2D eigenvalue weighted by atomic mass is 9.97. The summed E-state index contributed by atoms with van der Waals surface area (Å²) in [6.07, 6.45) is 11.2. The Labute approximate surface area is 160 Å². The molecule has 138 valence electrons. The largest absolute Gasteiger partial charge is 0.337 e. The Hall–Kier alpha value is -2.68. The van der Waals surface area contributed by atoms with E-state index >= 15 is 0 Å². The molecule has 1 unspecified atom stereocenters. The Kier molecular flexibility index (Phi) is 4.16. The van der Waals surface area contributed by atoms with Crippen LogP contribution >= 0.6 is 11.3 Å². The number of carbonyl (C=O) groups is 1. The van der Waals surface area contributed by atoms with Crippen LogP contribution in [-0.2, 0) is 0 Å². The van der Waals surface area contributed by atoms with Crippen molar-refractivity contribution >= 4 is 17.2 Å². The Morgan fingerprint density at radius 3 is 2.96 bits per heavy atom. The van der Waals surface area contributed by atoms with Crippen molar-refractivity contribution in [3.05, 3.63) is 41.8 Å². The second-order valence-electron chi connectivity index (χ2n) is 7.05. The van der Waals surface area contributed by atoms with Gasteiger partial charge in [-0.3, -0.25) is 14.8 Å². The van der Waals surface area contributed by atoms with E-state index < -0.39 is 0 Å². The molecule has 0 aromatic carbocycles. The van der Waals surface area contributed by atoms with Crippen molar-refractivity contribution < 1.29 is 4.79 Å². The number of rotatable bonds is 4. The fourth-order valence-corrected chi connectivity index (χ4v) is 4.37. The van der Waals surface area contributed by atoms with E-state index in [1.807, 2.05) is 16.6 Å². The molecule has 5 rings (SSSR count). The van der Waals surface area contributed by atoms with Crippen molar-refractivity contribution in [1.29, 1.82) is 0 Å². The molecule has 0 bridgehead atoms. The maximum atomic E-state index is 13.0.